The zero-order valence-corrected chi connectivity index (χ0v) is 17.0. The number of carbonyl (C=O) groups excluding carboxylic acids is 2. The number of unbranched alkanes of at least 4 members (excludes halogenated alkanes) is 2. The number of aromatic amines is 1. The van der Waals surface area contributed by atoms with Gasteiger partial charge in [0.05, 0.1) is 32.0 Å². The van der Waals surface area contributed by atoms with Crippen molar-refractivity contribution in [2.24, 2.45) is 11.8 Å². The number of nitrogens with two attached hydrogens (primary N) is 1. The first-order chi connectivity index (χ1) is 14.5. The highest BCUT2D eigenvalue weighted by Crippen LogP contribution is 2.25. The zero-order chi connectivity index (χ0) is 21.5. The second-order valence-electron chi connectivity index (χ2n) is 7.17. The third kappa shape index (κ3) is 5.01. The van der Waals surface area contributed by atoms with Gasteiger partial charge in [-0.2, -0.15) is 9.97 Å². The summed E-state index contributed by atoms with van der Waals surface area (Å²) >= 11 is 0. The van der Waals surface area contributed by atoms with Crippen LogP contribution in [0.5, 0.6) is 0 Å². The quantitative estimate of drug-likeness (QED) is 0.124. The summed E-state index contributed by atoms with van der Waals surface area (Å²) in [6.07, 6.45) is 4.94. The number of carbonyl (C=O) groups is 2. The maximum Gasteiger partial charge on any atom is 0.251 e. The molecule has 164 valence electrons. The van der Waals surface area contributed by atoms with Gasteiger partial charge in [0.1, 0.15) is 0 Å². The van der Waals surface area contributed by atoms with Crippen LogP contribution in [-0.2, 0) is 14.3 Å². The Morgan fingerprint density at radius 1 is 1.40 bits per heavy atom. The number of amides is 2. The standard InChI is InChI=1S/C18H28N8O4/c1-2-3-4-5-13(10-25(29)12-27)17(28)26(19)18-22-15-14(20-11-21-15)16(23-18)24-6-8-30-9-7-24/h11-13,29H,2-10,19H2,1H3,(H,20,21,22,23)/t13-/m0/s1. The van der Waals surface area contributed by atoms with Gasteiger partial charge in [-0.3, -0.25) is 14.8 Å². The van der Waals surface area contributed by atoms with Crippen molar-refractivity contribution in [2.75, 3.05) is 42.8 Å². The Labute approximate surface area is 173 Å². The van der Waals surface area contributed by atoms with Crippen LogP contribution >= 0.6 is 0 Å². The third-order valence-corrected chi connectivity index (χ3v) is 5.05. The lowest BCUT2D eigenvalue weighted by atomic mass is 10.00. The summed E-state index contributed by atoms with van der Waals surface area (Å²) in [6.45, 7) is 4.30. The Bertz CT molecular complexity index is 854. The first-order valence-corrected chi connectivity index (χ1v) is 10.1. The van der Waals surface area contributed by atoms with Crippen LogP contribution in [-0.4, -0.2) is 75.4 Å². The summed E-state index contributed by atoms with van der Waals surface area (Å²) in [7, 11) is 0. The minimum Gasteiger partial charge on any atom is -0.378 e. The van der Waals surface area contributed by atoms with Crippen LogP contribution in [0.2, 0.25) is 0 Å². The van der Waals surface area contributed by atoms with Crippen molar-refractivity contribution >= 4 is 35.2 Å². The molecule has 1 aliphatic heterocycles. The predicted molar refractivity (Wildman–Crippen MR) is 109 cm³/mol. The van der Waals surface area contributed by atoms with Crippen LogP contribution in [0.1, 0.15) is 32.6 Å². The minimum absolute atomic E-state index is 0.0225. The van der Waals surface area contributed by atoms with E-state index in [1.807, 2.05) is 4.90 Å². The Balaban J connectivity index is 1.86. The lowest BCUT2D eigenvalue weighted by molar-refractivity contribution is -0.154. The van der Waals surface area contributed by atoms with Gasteiger partial charge >= 0.3 is 0 Å². The molecule has 1 fully saturated rings. The van der Waals surface area contributed by atoms with E-state index in [9.17, 15) is 14.8 Å². The Morgan fingerprint density at radius 2 is 2.17 bits per heavy atom. The van der Waals surface area contributed by atoms with E-state index in [4.69, 9.17) is 10.6 Å². The second kappa shape index (κ2) is 10.3. The monoisotopic (exact) mass is 420 g/mol. The SMILES string of the molecule is CCCCC[C@@H](CN(O)C=O)C(=O)N(N)c1nc(N2CCOCC2)c2nc[nH]c2n1. The van der Waals surface area contributed by atoms with Gasteiger partial charge in [0, 0.05) is 13.1 Å². The number of anilines is 2. The molecule has 1 atom stereocenters. The van der Waals surface area contributed by atoms with Gasteiger partial charge in [0.25, 0.3) is 5.95 Å². The molecule has 1 aliphatic rings. The number of ether oxygens (including phenoxy) is 1. The molecule has 30 heavy (non-hydrogen) atoms. The lowest BCUT2D eigenvalue weighted by Gasteiger charge is -2.29. The van der Waals surface area contributed by atoms with Crippen molar-refractivity contribution in [3.63, 3.8) is 0 Å². The number of nitrogens with zero attached hydrogens (tertiary/aromatic N) is 6. The van der Waals surface area contributed by atoms with Crippen LogP contribution in [0, 0.1) is 5.92 Å². The van der Waals surface area contributed by atoms with Gasteiger partial charge < -0.3 is 14.6 Å². The molecule has 0 bridgehead atoms. The van der Waals surface area contributed by atoms with Gasteiger partial charge in [0.15, 0.2) is 17.0 Å². The highest BCUT2D eigenvalue weighted by atomic mass is 16.5. The van der Waals surface area contributed by atoms with Gasteiger partial charge in [0.2, 0.25) is 12.3 Å². The third-order valence-electron chi connectivity index (χ3n) is 5.05. The van der Waals surface area contributed by atoms with Crippen LogP contribution < -0.4 is 15.8 Å². The number of hydrogen-bond donors (Lipinski definition) is 3. The van der Waals surface area contributed by atoms with Crippen molar-refractivity contribution in [1.82, 2.24) is 25.0 Å². The molecular weight excluding hydrogens is 392 g/mol. The fourth-order valence-corrected chi connectivity index (χ4v) is 3.41. The first kappa shape index (κ1) is 21.9. The van der Waals surface area contributed by atoms with E-state index in [-0.39, 0.29) is 18.9 Å². The smallest absolute Gasteiger partial charge is 0.251 e. The van der Waals surface area contributed by atoms with E-state index < -0.39 is 11.8 Å². The molecule has 0 radical (unpaired) electrons. The van der Waals surface area contributed by atoms with E-state index in [1.165, 1.54) is 6.33 Å². The van der Waals surface area contributed by atoms with E-state index in [1.54, 1.807) is 0 Å². The normalized spacial score (nSPS) is 15.2. The van der Waals surface area contributed by atoms with Gasteiger partial charge in [-0.15, -0.1) is 0 Å². The van der Waals surface area contributed by atoms with E-state index in [0.717, 1.165) is 24.3 Å². The number of H-pyrrole nitrogens is 1. The summed E-state index contributed by atoms with van der Waals surface area (Å²) < 4.78 is 5.40. The first-order valence-electron chi connectivity index (χ1n) is 10.1. The van der Waals surface area contributed by atoms with Crippen molar-refractivity contribution in [1.29, 1.82) is 0 Å². The lowest BCUT2D eigenvalue weighted by Crippen LogP contribution is -2.46. The molecule has 1 saturated heterocycles. The zero-order valence-electron chi connectivity index (χ0n) is 17.0. The van der Waals surface area contributed by atoms with Gasteiger partial charge in [-0.25, -0.2) is 20.9 Å². The minimum atomic E-state index is -0.676. The van der Waals surface area contributed by atoms with Crippen molar-refractivity contribution in [2.45, 2.75) is 32.6 Å². The number of aromatic nitrogens is 4. The topological polar surface area (TPSA) is 154 Å². The van der Waals surface area contributed by atoms with Crippen molar-refractivity contribution < 1.29 is 19.5 Å². The van der Waals surface area contributed by atoms with Crippen LogP contribution in [0.25, 0.3) is 11.2 Å². The molecule has 0 aromatic carbocycles. The second-order valence-corrected chi connectivity index (χ2v) is 7.17. The molecule has 3 heterocycles. The number of rotatable bonds is 10. The number of hydrazine groups is 1. The number of morpholine rings is 1. The van der Waals surface area contributed by atoms with Crippen LogP contribution in [0.3, 0.4) is 0 Å². The van der Waals surface area contributed by atoms with Gasteiger partial charge in [-0.1, -0.05) is 26.2 Å². The molecule has 12 nitrogen and oxygen atoms in total. The molecule has 2 aromatic rings. The molecule has 0 saturated carbocycles. The average molecular weight is 420 g/mol. The summed E-state index contributed by atoms with van der Waals surface area (Å²) in [6, 6.07) is 0. The molecule has 3 rings (SSSR count). The van der Waals surface area contributed by atoms with E-state index in [2.05, 4.69) is 26.9 Å². The number of imidazole rings is 1. The summed E-state index contributed by atoms with van der Waals surface area (Å²) in [5.41, 5.74) is 1.05. The summed E-state index contributed by atoms with van der Waals surface area (Å²) in [5.74, 6) is 5.56. The van der Waals surface area contributed by atoms with E-state index >= 15 is 0 Å². The maximum atomic E-state index is 13.1. The Kier molecular flexibility index (Phi) is 7.49. The summed E-state index contributed by atoms with van der Waals surface area (Å²) in [4.78, 5) is 42.0. The number of fused-ring (bicyclic) bond motifs is 1. The Morgan fingerprint density at radius 3 is 2.87 bits per heavy atom. The van der Waals surface area contributed by atoms with Gasteiger partial charge in [-0.05, 0) is 6.42 Å². The number of nitrogens with one attached hydrogen (secondary N) is 1. The predicted octanol–water partition coefficient (Wildman–Crippen LogP) is 0.440. The fraction of sp³-hybridized carbons (Fsp3) is 0.611. The molecule has 2 amide bonds. The van der Waals surface area contributed by atoms with Crippen LogP contribution in [0.4, 0.5) is 11.8 Å². The molecule has 12 heteroatoms. The molecule has 0 aliphatic carbocycles. The largest absolute Gasteiger partial charge is 0.378 e. The molecular formula is C18H28N8O4. The van der Waals surface area contributed by atoms with Crippen molar-refractivity contribution in [3.05, 3.63) is 6.33 Å². The maximum absolute atomic E-state index is 13.1. The van der Waals surface area contributed by atoms with Crippen LogP contribution in [0.15, 0.2) is 6.33 Å². The highest BCUT2D eigenvalue weighted by Gasteiger charge is 2.28. The summed E-state index contributed by atoms with van der Waals surface area (Å²) in [5, 5.41) is 11.0. The number of hydrogen-bond acceptors (Lipinski definition) is 9. The fourth-order valence-electron chi connectivity index (χ4n) is 3.41. The van der Waals surface area contributed by atoms with E-state index in [0.29, 0.717) is 54.8 Å². The highest BCUT2D eigenvalue weighted by molar-refractivity contribution is 5.94. The average Bonchev–Trinajstić information content (AvgIpc) is 3.26. The number of hydroxylamine groups is 2. The molecule has 0 spiro atoms. The Hall–Kier alpha value is -2.83. The molecule has 2 aromatic heterocycles. The molecule has 0 unspecified atom stereocenters. The molecule has 4 N–H and O–H groups in total. The van der Waals surface area contributed by atoms with Crippen molar-refractivity contribution in [3.8, 4) is 0 Å².